The van der Waals surface area contributed by atoms with Crippen molar-refractivity contribution in [3.05, 3.63) is 33.9 Å². The van der Waals surface area contributed by atoms with Crippen molar-refractivity contribution >= 4 is 11.6 Å². The minimum Gasteiger partial charge on any atom is -0.477 e. The Hall–Kier alpha value is -2.62. The third-order valence-corrected chi connectivity index (χ3v) is 2.93. The van der Waals surface area contributed by atoms with Gasteiger partial charge in [0.15, 0.2) is 12.4 Å². The van der Waals surface area contributed by atoms with Crippen LogP contribution in [0.4, 0.5) is 5.69 Å². The molecule has 0 atom stereocenters. The van der Waals surface area contributed by atoms with Crippen LogP contribution in [0.15, 0.2) is 18.2 Å². The zero-order valence-electron chi connectivity index (χ0n) is 10.7. The second-order valence-electron chi connectivity index (χ2n) is 4.59. The number of hydrogen-bond donors (Lipinski definition) is 1. The van der Waals surface area contributed by atoms with Crippen LogP contribution in [0, 0.1) is 27.4 Å². The Kier molecular flexibility index (Phi) is 4.15. The smallest absolute Gasteiger partial charge is 0.312 e. The summed E-state index contributed by atoms with van der Waals surface area (Å²) in [4.78, 5) is 21.7. The van der Waals surface area contributed by atoms with Crippen LogP contribution in [0.1, 0.15) is 18.4 Å². The number of benzene rings is 1. The van der Waals surface area contributed by atoms with E-state index in [1.165, 1.54) is 12.1 Å². The Bertz CT molecular complexity index is 575. The topological polar surface area (TPSA) is 105 Å². The summed E-state index contributed by atoms with van der Waals surface area (Å²) in [6.45, 7) is 0.344. The molecule has 0 spiro atoms. The average molecular weight is 275 g/mol. The summed E-state index contributed by atoms with van der Waals surface area (Å²) in [5.74, 6) is 0.231. The largest absolute Gasteiger partial charge is 0.477 e. The van der Waals surface area contributed by atoms with Gasteiger partial charge in [0, 0.05) is 12.6 Å². The van der Waals surface area contributed by atoms with Gasteiger partial charge in [-0.2, -0.15) is 5.26 Å². The highest BCUT2D eigenvalue weighted by molar-refractivity contribution is 5.77. The van der Waals surface area contributed by atoms with E-state index >= 15 is 0 Å². The molecule has 0 saturated heterocycles. The van der Waals surface area contributed by atoms with Crippen LogP contribution in [0.5, 0.6) is 5.75 Å². The van der Waals surface area contributed by atoms with Crippen molar-refractivity contribution < 1.29 is 14.5 Å². The number of carbonyl (C=O) groups excluding carboxylic acids is 1. The maximum Gasteiger partial charge on any atom is 0.312 e. The minimum atomic E-state index is -0.641. The summed E-state index contributed by atoms with van der Waals surface area (Å²) in [6.07, 6.45) is 2.25. The Labute approximate surface area is 115 Å². The molecule has 0 aromatic heterocycles. The number of hydrogen-bond acceptors (Lipinski definition) is 5. The molecule has 2 rings (SSSR count). The number of ether oxygens (including phenoxy) is 1. The molecule has 1 aliphatic carbocycles. The first-order valence-electron chi connectivity index (χ1n) is 6.18. The van der Waals surface area contributed by atoms with E-state index in [1.54, 1.807) is 0 Å². The normalized spacial score (nSPS) is 13.3. The quantitative estimate of drug-likeness (QED) is 0.623. The molecule has 1 amide bonds. The fourth-order valence-corrected chi connectivity index (χ4v) is 1.63. The van der Waals surface area contributed by atoms with Gasteiger partial charge in [-0.3, -0.25) is 14.9 Å². The van der Waals surface area contributed by atoms with Crippen molar-refractivity contribution in [2.75, 3.05) is 13.2 Å². The Morgan fingerprint density at radius 3 is 2.90 bits per heavy atom. The van der Waals surface area contributed by atoms with Gasteiger partial charge >= 0.3 is 5.69 Å². The highest BCUT2D eigenvalue weighted by atomic mass is 16.6. The summed E-state index contributed by atoms with van der Waals surface area (Å²) < 4.78 is 5.15. The Morgan fingerprint density at radius 2 is 2.30 bits per heavy atom. The number of nitrogens with one attached hydrogen (secondary N) is 1. The van der Waals surface area contributed by atoms with Crippen molar-refractivity contribution in [1.82, 2.24) is 5.32 Å². The molecule has 20 heavy (non-hydrogen) atoms. The first kappa shape index (κ1) is 13.8. The lowest BCUT2D eigenvalue weighted by Gasteiger charge is -2.07. The zero-order chi connectivity index (χ0) is 14.5. The zero-order valence-corrected chi connectivity index (χ0v) is 10.7. The van der Waals surface area contributed by atoms with E-state index in [-0.39, 0.29) is 29.5 Å². The van der Waals surface area contributed by atoms with Crippen LogP contribution in [-0.2, 0) is 4.79 Å². The maximum absolute atomic E-state index is 11.5. The molecule has 7 heteroatoms. The van der Waals surface area contributed by atoms with E-state index in [1.807, 2.05) is 6.07 Å². The van der Waals surface area contributed by atoms with Crippen molar-refractivity contribution in [3.8, 4) is 11.8 Å². The molecule has 1 aromatic rings. The van der Waals surface area contributed by atoms with Crippen LogP contribution < -0.4 is 10.1 Å². The summed E-state index contributed by atoms with van der Waals surface area (Å²) in [5.41, 5.74) is -0.152. The highest BCUT2D eigenvalue weighted by Gasteiger charge is 2.22. The third kappa shape index (κ3) is 3.68. The lowest BCUT2D eigenvalue weighted by atomic mass is 10.2. The SMILES string of the molecule is N#Cc1ccc(OCC(=O)NCC2CC2)c([N+](=O)[O-])c1. The lowest BCUT2D eigenvalue weighted by molar-refractivity contribution is -0.385. The molecular weight excluding hydrogens is 262 g/mol. The molecule has 1 saturated carbocycles. The molecule has 1 fully saturated rings. The third-order valence-electron chi connectivity index (χ3n) is 2.93. The molecule has 7 nitrogen and oxygen atoms in total. The predicted molar refractivity (Wildman–Crippen MR) is 69.0 cm³/mol. The van der Waals surface area contributed by atoms with Gasteiger partial charge in [-0.1, -0.05) is 0 Å². The first-order valence-corrected chi connectivity index (χ1v) is 6.18. The number of carbonyl (C=O) groups is 1. The van der Waals surface area contributed by atoms with E-state index in [0.717, 1.165) is 18.9 Å². The van der Waals surface area contributed by atoms with Gasteiger partial charge in [0.05, 0.1) is 16.6 Å². The number of nitriles is 1. The van der Waals surface area contributed by atoms with E-state index in [0.29, 0.717) is 12.5 Å². The van der Waals surface area contributed by atoms with Crippen LogP contribution in [0.3, 0.4) is 0 Å². The van der Waals surface area contributed by atoms with Gasteiger partial charge in [-0.15, -0.1) is 0 Å². The monoisotopic (exact) mass is 275 g/mol. The molecule has 1 aromatic carbocycles. The summed E-state index contributed by atoms with van der Waals surface area (Å²) in [6, 6.07) is 5.67. The van der Waals surface area contributed by atoms with Crippen molar-refractivity contribution in [2.24, 2.45) is 5.92 Å². The van der Waals surface area contributed by atoms with Gasteiger partial charge in [-0.25, -0.2) is 0 Å². The fourth-order valence-electron chi connectivity index (χ4n) is 1.63. The second kappa shape index (κ2) is 6.02. The van der Waals surface area contributed by atoms with Gasteiger partial charge in [-0.05, 0) is 30.9 Å². The van der Waals surface area contributed by atoms with E-state index in [9.17, 15) is 14.9 Å². The van der Waals surface area contributed by atoms with Gasteiger partial charge in [0.1, 0.15) is 0 Å². The Morgan fingerprint density at radius 1 is 1.55 bits per heavy atom. The van der Waals surface area contributed by atoms with Crippen molar-refractivity contribution in [3.63, 3.8) is 0 Å². The highest BCUT2D eigenvalue weighted by Crippen LogP contribution is 2.28. The Balaban J connectivity index is 1.95. The van der Waals surface area contributed by atoms with Crippen molar-refractivity contribution in [2.45, 2.75) is 12.8 Å². The maximum atomic E-state index is 11.5. The standard InChI is InChI=1S/C13H13N3O4/c14-6-10-3-4-12(11(5-10)16(18)19)20-8-13(17)15-7-9-1-2-9/h3-5,9H,1-2,7-8H2,(H,15,17). The number of nitro benzene ring substituents is 1. The number of nitro groups is 1. The summed E-state index contributed by atoms with van der Waals surface area (Å²) in [5, 5.41) is 22.3. The van der Waals surface area contributed by atoms with Gasteiger partial charge in [0.25, 0.3) is 5.91 Å². The molecule has 104 valence electrons. The summed E-state index contributed by atoms with van der Waals surface area (Å²) in [7, 11) is 0. The van der Waals surface area contributed by atoms with Gasteiger partial charge in [0.2, 0.25) is 0 Å². The van der Waals surface area contributed by atoms with Crippen LogP contribution in [0.2, 0.25) is 0 Å². The number of amides is 1. The van der Waals surface area contributed by atoms with E-state index in [2.05, 4.69) is 5.32 Å². The van der Waals surface area contributed by atoms with Crippen LogP contribution in [0.25, 0.3) is 0 Å². The molecule has 0 bridgehead atoms. The van der Waals surface area contributed by atoms with Gasteiger partial charge < -0.3 is 10.1 Å². The molecule has 1 aliphatic rings. The minimum absolute atomic E-state index is 0.0180. The molecular formula is C13H13N3O4. The van der Waals surface area contributed by atoms with Crippen LogP contribution in [-0.4, -0.2) is 24.0 Å². The second-order valence-corrected chi connectivity index (χ2v) is 4.59. The number of nitrogens with zero attached hydrogens (tertiary/aromatic N) is 2. The molecule has 0 unspecified atom stereocenters. The fraction of sp³-hybridized carbons (Fsp3) is 0.385. The summed E-state index contributed by atoms with van der Waals surface area (Å²) >= 11 is 0. The van der Waals surface area contributed by atoms with E-state index in [4.69, 9.17) is 10.00 Å². The van der Waals surface area contributed by atoms with Crippen molar-refractivity contribution in [1.29, 1.82) is 5.26 Å². The lowest BCUT2D eigenvalue weighted by Crippen LogP contribution is -2.30. The van der Waals surface area contributed by atoms with E-state index < -0.39 is 4.92 Å². The molecule has 0 radical (unpaired) electrons. The first-order chi connectivity index (χ1) is 9.60. The predicted octanol–water partition coefficient (Wildman–Crippen LogP) is 1.37. The molecule has 0 heterocycles. The molecule has 0 aliphatic heterocycles. The average Bonchev–Trinajstić information content (AvgIpc) is 3.26. The number of rotatable bonds is 6. The van der Waals surface area contributed by atoms with Crippen LogP contribution >= 0.6 is 0 Å². The molecule has 1 N–H and O–H groups in total.